The first-order valence-electron chi connectivity index (χ1n) is 17.6. The van der Waals surface area contributed by atoms with Gasteiger partial charge in [-0.05, 0) is 104 Å². The Labute approximate surface area is 298 Å². The van der Waals surface area contributed by atoms with Crippen molar-refractivity contribution in [2.75, 3.05) is 11.5 Å². The largest absolute Gasteiger partial charge is 0.491 e. The van der Waals surface area contributed by atoms with Crippen LogP contribution in [0.5, 0.6) is 5.75 Å². The quantitative estimate of drug-likeness (QED) is 0.179. The Kier molecular flexibility index (Phi) is 10.0. The lowest BCUT2D eigenvalue weighted by Gasteiger charge is -2.28. The number of anilines is 1. The summed E-state index contributed by atoms with van der Waals surface area (Å²) < 4.78 is 31.7. The summed E-state index contributed by atoms with van der Waals surface area (Å²) in [5.41, 5.74) is 0.741. The number of pyridine rings is 1. The molecule has 3 aromatic heterocycles. The van der Waals surface area contributed by atoms with Gasteiger partial charge in [-0.2, -0.15) is 4.90 Å². The molecule has 1 aromatic carbocycles. The number of carbonyl (C=O) groups is 2. The molecule has 1 saturated heterocycles. The molecule has 0 radical (unpaired) electrons. The molecule has 51 heavy (non-hydrogen) atoms. The van der Waals surface area contributed by atoms with E-state index in [4.69, 9.17) is 28.7 Å². The van der Waals surface area contributed by atoms with E-state index in [0.717, 1.165) is 15.8 Å². The predicted octanol–water partition coefficient (Wildman–Crippen LogP) is 7.79. The average molecular weight is 704 g/mol. The van der Waals surface area contributed by atoms with E-state index < -0.39 is 47.6 Å². The van der Waals surface area contributed by atoms with E-state index in [2.05, 4.69) is 16.0 Å². The van der Waals surface area contributed by atoms with Crippen LogP contribution in [0.4, 0.5) is 15.4 Å². The number of hydrogen-bond donors (Lipinski definition) is 1. The monoisotopic (exact) mass is 703 g/mol. The zero-order valence-corrected chi connectivity index (χ0v) is 30.7. The molecule has 2 aliphatic rings. The van der Waals surface area contributed by atoms with Gasteiger partial charge in [0.1, 0.15) is 41.6 Å². The zero-order chi connectivity index (χ0) is 36.7. The lowest BCUT2D eigenvalue weighted by atomic mass is 9.98. The van der Waals surface area contributed by atoms with Crippen LogP contribution in [0.2, 0.25) is 0 Å². The highest BCUT2D eigenvalue weighted by Crippen LogP contribution is 2.38. The number of hydrogen-bond acceptors (Lipinski definition) is 11. The number of rotatable bonds is 8. The third-order valence-corrected chi connectivity index (χ3v) is 8.65. The SMILES string of the molecule is CC(C)(C)OC(=O)N(C(=O)OC(C)(C)C)c1ncnc2c1ccn2[C@@H]1O[C@H](COc2ccc3cc(C4CCCC4)cnc3c2)C[C@H]1OC(C)(C)O. The molecule has 4 heterocycles. The van der Waals surface area contributed by atoms with E-state index in [0.29, 0.717) is 29.1 Å². The lowest BCUT2D eigenvalue weighted by molar-refractivity contribution is -0.222. The predicted molar refractivity (Wildman–Crippen MR) is 191 cm³/mol. The van der Waals surface area contributed by atoms with Gasteiger partial charge < -0.3 is 33.4 Å². The van der Waals surface area contributed by atoms with Crippen molar-refractivity contribution >= 4 is 39.9 Å². The molecule has 6 rings (SSSR count). The van der Waals surface area contributed by atoms with Crippen LogP contribution in [0, 0.1) is 0 Å². The smallest absolute Gasteiger partial charge is 0.425 e. The Morgan fingerprint density at radius 1 is 0.941 bits per heavy atom. The average Bonchev–Trinajstić information content (AvgIpc) is 3.78. The first kappa shape index (κ1) is 36.5. The van der Waals surface area contributed by atoms with Gasteiger partial charge >= 0.3 is 12.2 Å². The molecular formula is C38H49N5O8. The first-order valence-corrected chi connectivity index (χ1v) is 17.6. The van der Waals surface area contributed by atoms with Crippen molar-refractivity contribution in [3.05, 3.63) is 54.6 Å². The van der Waals surface area contributed by atoms with Crippen LogP contribution in [0.3, 0.4) is 0 Å². The van der Waals surface area contributed by atoms with E-state index in [1.165, 1.54) is 37.6 Å². The van der Waals surface area contributed by atoms with Gasteiger partial charge in [-0.15, -0.1) is 0 Å². The number of fused-ring (bicyclic) bond motifs is 2. The Hall–Kier alpha value is -4.33. The Morgan fingerprint density at radius 3 is 2.27 bits per heavy atom. The summed E-state index contributed by atoms with van der Waals surface area (Å²) >= 11 is 0. The van der Waals surface area contributed by atoms with Crippen LogP contribution in [0.25, 0.3) is 21.9 Å². The van der Waals surface area contributed by atoms with Gasteiger partial charge in [0.05, 0.1) is 17.0 Å². The number of aromatic nitrogens is 4. The van der Waals surface area contributed by atoms with Crippen LogP contribution in [-0.2, 0) is 18.9 Å². The fraction of sp³-hybridized carbons (Fsp3) is 0.553. The number of carbonyl (C=O) groups excluding carboxylic acids is 2. The second-order valence-corrected chi connectivity index (χ2v) is 15.9. The molecule has 1 saturated carbocycles. The molecule has 4 aromatic rings. The summed E-state index contributed by atoms with van der Waals surface area (Å²) in [5.74, 6) is -0.214. The fourth-order valence-corrected chi connectivity index (χ4v) is 6.63. The van der Waals surface area contributed by atoms with Gasteiger partial charge in [-0.25, -0.2) is 19.6 Å². The normalized spacial score (nSPS) is 20.2. The highest BCUT2D eigenvalue weighted by Gasteiger charge is 2.42. The van der Waals surface area contributed by atoms with Gasteiger partial charge in [0, 0.05) is 30.3 Å². The third-order valence-electron chi connectivity index (χ3n) is 8.65. The summed E-state index contributed by atoms with van der Waals surface area (Å²) in [6.45, 7) is 13.5. The van der Waals surface area contributed by atoms with Crippen LogP contribution >= 0.6 is 0 Å². The van der Waals surface area contributed by atoms with Crippen molar-refractivity contribution in [2.24, 2.45) is 0 Å². The van der Waals surface area contributed by atoms with Crippen LogP contribution < -0.4 is 9.64 Å². The van der Waals surface area contributed by atoms with E-state index in [1.807, 2.05) is 24.4 Å². The van der Waals surface area contributed by atoms with E-state index in [-0.39, 0.29) is 12.4 Å². The number of aliphatic hydroxyl groups is 1. The summed E-state index contributed by atoms with van der Waals surface area (Å²) in [7, 11) is 0. The van der Waals surface area contributed by atoms with Crippen molar-refractivity contribution < 1.29 is 38.4 Å². The Bertz CT molecular complexity index is 1860. The van der Waals surface area contributed by atoms with Crippen LogP contribution in [-0.4, -0.2) is 72.6 Å². The molecule has 1 N–H and O–H groups in total. The minimum atomic E-state index is -1.46. The number of benzene rings is 1. The van der Waals surface area contributed by atoms with Crippen molar-refractivity contribution in [2.45, 2.75) is 129 Å². The first-order chi connectivity index (χ1) is 23.9. The number of ether oxygens (including phenoxy) is 5. The standard InChI is InChI=1S/C38H49N5O8/c1-36(2,3)50-34(44)43(35(45)51-37(4,5)6)32-28-15-16-42(31(28)40-22-41-32)33-30(49-38(7,8)46)19-27(48-33)21-47-26-14-13-24-17-25(20-39-29(24)18-26)23-11-9-10-12-23/h13-18,20,22-23,27,30,33,46H,9-12,19,21H2,1-8H3/t27-,30+,33+/m0/s1. The Balaban J connectivity index is 1.24. The molecule has 1 aliphatic heterocycles. The van der Waals surface area contributed by atoms with Crippen molar-refractivity contribution in [1.29, 1.82) is 0 Å². The fourth-order valence-electron chi connectivity index (χ4n) is 6.63. The van der Waals surface area contributed by atoms with Gasteiger partial charge in [0.2, 0.25) is 0 Å². The van der Waals surface area contributed by atoms with Crippen molar-refractivity contribution in [3.8, 4) is 5.75 Å². The van der Waals surface area contributed by atoms with Gasteiger partial charge in [0.25, 0.3) is 0 Å². The zero-order valence-electron chi connectivity index (χ0n) is 30.7. The van der Waals surface area contributed by atoms with Gasteiger partial charge in [-0.1, -0.05) is 12.8 Å². The molecule has 3 atom stereocenters. The minimum absolute atomic E-state index is 0.0136. The highest BCUT2D eigenvalue weighted by atomic mass is 16.7. The van der Waals surface area contributed by atoms with Crippen molar-refractivity contribution in [3.63, 3.8) is 0 Å². The summed E-state index contributed by atoms with van der Waals surface area (Å²) in [4.78, 5) is 41.2. The van der Waals surface area contributed by atoms with E-state index >= 15 is 0 Å². The summed E-state index contributed by atoms with van der Waals surface area (Å²) in [6.07, 6.45) is 6.71. The Morgan fingerprint density at radius 2 is 1.63 bits per heavy atom. The maximum atomic E-state index is 13.4. The minimum Gasteiger partial charge on any atom is -0.491 e. The maximum Gasteiger partial charge on any atom is 0.425 e. The molecule has 0 bridgehead atoms. The van der Waals surface area contributed by atoms with E-state index in [9.17, 15) is 14.7 Å². The topological polar surface area (TPSA) is 147 Å². The second kappa shape index (κ2) is 14.0. The second-order valence-electron chi connectivity index (χ2n) is 15.9. The molecular weight excluding hydrogens is 654 g/mol. The van der Waals surface area contributed by atoms with Crippen LogP contribution in [0.15, 0.2) is 49.1 Å². The van der Waals surface area contributed by atoms with Gasteiger partial charge in [-0.3, -0.25) is 4.98 Å². The molecule has 2 amide bonds. The number of nitrogens with zero attached hydrogens (tertiary/aromatic N) is 5. The van der Waals surface area contributed by atoms with Gasteiger partial charge in [0.15, 0.2) is 17.8 Å². The molecule has 274 valence electrons. The molecule has 0 unspecified atom stereocenters. The third kappa shape index (κ3) is 8.77. The lowest BCUT2D eigenvalue weighted by Crippen LogP contribution is -2.44. The molecule has 0 spiro atoms. The molecule has 1 aliphatic carbocycles. The summed E-state index contributed by atoms with van der Waals surface area (Å²) in [6, 6.07) is 9.83. The summed E-state index contributed by atoms with van der Waals surface area (Å²) in [5, 5.41) is 12.1. The number of imide groups is 1. The highest BCUT2D eigenvalue weighted by molar-refractivity contribution is 6.13. The van der Waals surface area contributed by atoms with Crippen molar-refractivity contribution in [1.82, 2.24) is 19.5 Å². The van der Waals surface area contributed by atoms with Crippen LogP contribution in [0.1, 0.15) is 105 Å². The molecule has 13 nitrogen and oxygen atoms in total. The molecule has 2 fully saturated rings. The number of amides is 2. The molecule has 13 heteroatoms. The maximum absolute atomic E-state index is 13.4. The van der Waals surface area contributed by atoms with E-state index in [1.54, 1.807) is 72.2 Å².